The standard InChI is InChI=1S/C12H21N6O6P/c1-17(2)10-8-11(15-4-14-10)18(5-16-8)12-9(19)7(13)6(24-12)3-23-25(20,21)22/h4-7,9-10,12,19H,3,13H2,1-2H3,(H,14,15)(H2,20,21,22)/t6-,7-,9-,10?,12-/m1/s1. The average molecular weight is 376 g/mol. The SMILES string of the molecule is CN(C)C1N=CNc2c1ncn2[C@@H]1O[C@H](COP(=O)(O)O)[C@@H](N)[C@H]1O. The summed E-state index contributed by atoms with van der Waals surface area (Å²) < 4.78 is 22.5. The molecule has 1 aromatic rings. The lowest BCUT2D eigenvalue weighted by atomic mass is 10.1. The molecule has 5 atom stereocenters. The monoisotopic (exact) mass is 376 g/mol. The van der Waals surface area contributed by atoms with Crippen molar-refractivity contribution in [3.05, 3.63) is 12.0 Å². The second kappa shape index (κ2) is 6.74. The second-order valence-corrected chi connectivity index (χ2v) is 7.30. The molecule has 3 heterocycles. The van der Waals surface area contributed by atoms with Crippen LogP contribution in [0.25, 0.3) is 0 Å². The Morgan fingerprint density at radius 2 is 2.24 bits per heavy atom. The first kappa shape index (κ1) is 18.4. The van der Waals surface area contributed by atoms with Crippen LogP contribution in [0.2, 0.25) is 0 Å². The smallest absolute Gasteiger partial charge is 0.387 e. The van der Waals surface area contributed by atoms with Crippen LogP contribution in [0.1, 0.15) is 18.1 Å². The molecule has 0 radical (unpaired) electrons. The quantitative estimate of drug-likeness (QED) is 0.385. The highest BCUT2D eigenvalue weighted by Gasteiger charge is 2.44. The fourth-order valence-electron chi connectivity index (χ4n) is 2.83. The lowest BCUT2D eigenvalue weighted by Crippen LogP contribution is -2.41. The Kier molecular flexibility index (Phi) is 4.97. The number of hydrogen-bond acceptors (Lipinski definition) is 9. The molecule has 1 aromatic heterocycles. The summed E-state index contributed by atoms with van der Waals surface area (Å²) in [5.41, 5.74) is 6.56. The number of hydrogen-bond donors (Lipinski definition) is 5. The first-order valence-corrected chi connectivity index (χ1v) is 9.02. The van der Waals surface area contributed by atoms with Crippen LogP contribution in [0.4, 0.5) is 5.82 Å². The third-order valence-corrected chi connectivity index (χ3v) is 4.57. The normalized spacial score (nSPS) is 32.0. The highest BCUT2D eigenvalue weighted by atomic mass is 31.2. The number of aliphatic hydroxyl groups is 1. The summed E-state index contributed by atoms with van der Waals surface area (Å²) in [6, 6.07) is -0.878. The zero-order valence-corrected chi connectivity index (χ0v) is 14.5. The summed E-state index contributed by atoms with van der Waals surface area (Å²) in [6.45, 7) is -0.439. The zero-order valence-electron chi connectivity index (χ0n) is 13.6. The number of rotatable bonds is 5. The van der Waals surface area contributed by atoms with Crippen molar-refractivity contribution in [1.82, 2.24) is 14.5 Å². The van der Waals surface area contributed by atoms with Crippen LogP contribution in [0.5, 0.6) is 0 Å². The van der Waals surface area contributed by atoms with Crippen molar-refractivity contribution in [2.75, 3.05) is 26.0 Å². The van der Waals surface area contributed by atoms with Crippen molar-refractivity contribution in [2.45, 2.75) is 30.6 Å². The Morgan fingerprint density at radius 3 is 2.88 bits per heavy atom. The second-order valence-electron chi connectivity index (χ2n) is 6.06. The molecular formula is C12H21N6O6P. The maximum Gasteiger partial charge on any atom is 0.469 e. The fraction of sp³-hybridized carbons (Fsp3) is 0.667. The number of anilines is 1. The maximum absolute atomic E-state index is 10.8. The lowest BCUT2D eigenvalue weighted by Gasteiger charge is -2.25. The molecular weight excluding hydrogens is 355 g/mol. The van der Waals surface area contributed by atoms with Gasteiger partial charge in [-0.1, -0.05) is 0 Å². The molecule has 1 fully saturated rings. The minimum atomic E-state index is -4.65. The molecule has 0 saturated carbocycles. The molecule has 2 aliphatic rings. The molecule has 1 unspecified atom stereocenters. The minimum absolute atomic E-state index is 0.279. The van der Waals surface area contributed by atoms with E-state index in [-0.39, 0.29) is 6.17 Å². The molecule has 0 aliphatic carbocycles. The molecule has 13 heteroatoms. The molecule has 0 bridgehead atoms. The number of ether oxygens (including phenoxy) is 1. The number of nitrogens with two attached hydrogens (primary N) is 1. The van der Waals surface area contributed by atoms with E-state index in [1.165, 1.54) is 12.7 Å². The van der Waals surface area contributed by atoms with Gasteiger partial charge in [-0.2, -0.15) is 0 Å². The van der Waals surface area contributed by atoms with E-state index in [1.807, 2.05) is 19.0 Å². The van der Waals surface area contributed by atoms with Crippen LogP contribution < -0.4 is 11.1 Å². The number of aromatic nitrogens is 2. The number of imidazole rings is 1. The van der Waals surface area contributed by atoms with E-state index in [9.17, 15) is 9.67 Å². The number of nitrogens with one attached hydrogen (secondary N) is 1. The predicted molar refractivity (Wildman–Crippen MR) is 86.7 cm³/mol. The topological polar surface area (TPSA) is 168 Å². The largest absolute Gasteiger partial charge is 0.469 e. The van der Waals surface area contributed by atoms with Crippen LogP contribution in [0.15, 0.2) is 11.3 Å². The summed E-state index contributed by atoms with van der Waals surface area (Å²) in [4.78, 5) is 28.1. The summed E-state index contributed by atoms with van der Waals surface area (Å²) in [5.74, 6) is 0.599. The Bertz CT molecular complexity index is 704. The van der Waals surface area contributed by atoms with Crippen molar-refractivity contribution < 1.29 is 28.7 Å². The van der Waals surface area contributed by atoms with Gasteiger partial charge in [0, 0.05) is 0 Å². The molecule has 0 spiro atoms. The average Bonchev–Trinajstić information content (AvgIpc) is 3.07. The van der Waals surface area contributed by atoms with Crippen molar-refractivity contribution in [2.24, 2.45) is 10.7 Å². The Morgan fingerprint density at radius 1 is 1.52 bits per heavy atom. The molecule has 6 N–H and O–H groups in total. The number of fused-ring (bicyclic) bond motifs is 1. The van der Waals surface area contributed by atoms with Gasteiger partial charge in [0.1, 0.15) is 29.9 Å². The van der Waals surface area contributed by atoms with Gasteiger partial charge in [-0.3, -0.25) is 14.0 Å². The first-order chi connectivity index (χ1) is 11.7. The van der Waals surface area contributed by atoms with Gasteiger partial charge in [0.05, 0.1) is 25.3 Å². The van der Waals surface area contributed by atoms with E-state index < -0.39 is 38.9 Å². The molecule has 0 amide bonds. The van der Waals surface area contributed by atoms with Gasteiger partial charge in [-0.05, 0) is 14.1 Å². The van der Waals surface area contributed by atoms with Gasteiger partial charge in [-0.25, -0.2) is 14.5 Å². The van der Waals surface area contributed by atoms with Crippen LogP contribution in [-0.2, 0) is 13.8 Å². The highest BCUT2D eigenvalue weighted by molar-refractivity contribution is 7.46. The van der Waals surface area contributed by atoms with E-state index in [4.69, 9.17) is 20.3 Å². The van der Waals surface area contributed by atoms with Gasteiger partial charge in [0.15, 0.2) is 6.23 Å². The third kappa shape index (κ3) is 3.61. The molecule has 12 nitrogen and oxygen atoms in total. The van der Waals surface area contributed by atoms with Gasteiger partial charge >= 0.3 is 7.82 Å². The Balaban J connectivity index is 1.80. The van der Waals surface area contributed by atoms with Gasteiger partial charge in [0.25, 0.3) is 0 Å². The van der Waals surface area contributed by atoms with Crippen LogP contribution in [0, 0.1) is 0 Å². The molecule has 25 heavy (non-hydrogen) atoms. The van der Waals surface area contributed by atoms with Crippen molar-refractivity contribution in [3.63, 3.8) is 0 Å². The maximum atomic E-state index is 10.8. The lowest BCUT2D eigenvalue weighted by molar-refractivity contribution is -0.0491. The van der Waals surface area contributed by atoms with E-state index >= 15 is 0 Å². The minimum Gasteiger partial charge on any atom is -0.387 e. The molecule has 1 saturated heterocycles. The number of phosphoric ester groups is 1. The highest BCUT2D eigenvalue weighted by Crippen LogP contribution is 2.39. The first-order valence-electron chi connectivity index (χ1n) is 7.49. The van der Waals surface area contributed by atoms with E-state index in [1.54, 1.807) is 4.57 Å². The number of aliphatic hydroxyl groups excluding tert-OH is 1. The molecule has 3 rings (SSSR count). The molecule has 140 valence electrons. The summed E-state index contributed by atoms with van der Waals surface area (Å²) in [5, 5.41) is 13.4. The molecule has 0 aromatic carbocycles. The van der Waals surface area contributed by atoms with Gasteiger partial charge < -0.3 is 30.7 Å². The van der Waals surface area contributed by atoms with E-state index in [0.29, 0.717) is 11.5 Å². The summed E-state index contributed by atoms with van der Waals surface area (Å²) >= 11 is 0. The summed E-state index contributed by atoms with van der Waals surface area (Å²) in [6.07, 6.45) is -0.122. The van der Waals surface area contributed by atoms with E-state index in [0.717, 1.165) is 0 Å². The predicted octanol–water partition coefficient (Wildman–Crippen LogP) is -1.41. The van der Waals surface area contributed by atoms with Crippen LogP contribution in [-0.4, -0.2) is 74.6 Å². The zero-order chi connectivity index (χ0) is 18.4. The third-order valence-electron chi connectivity index (χ3n) is 4.08. The molecule has 2 aliphatic heterocycles. The fourth-order valence-corrected chi connectivity index (χ4v) is 3.18. The van der Waals surface area contributed by atoms with Crippen LogP contribution >= 0.6 is 7.82 Å². The number of aliphatic imine (C=N–C) groups is 1. The van der Waals surface area contributed by atoms with Crippen molar-refractivity contribution in [3.8, 4) is 0 Å². The van der Waals surface area contributed by atoms with Crippen molar-refractivity contribution >= 4 is 20.0 Å². The Labute approximate surface area is 143 Å². The Hall–Kier alpha value is -1.37. The van der Waals surface area contributed by atoms with Gasteiger partial charge in [-0.15, -0.1) is 0 Å². The van der Waals surface area contributed by atoms with Gasteiger partial charge in [0.2, 0.25) is 0 Å². The number of phosphoric acid groups is 1. The van der Waals surface area contributed by atoms with Crippen LogP contribution in [0.3, 0.4) is 0 Å². The van der Waals surface area contributed by atoms with Crippen molar-refractivity contribution in [1.29, 1.82) is 0 Å². The number of nitrogens with zero attached hydrogens (tertiary/aromatic N) is 4. The summed E-state index contributed by atoms with van der Waals surface area (Å²) in [7, 11) is -0.927. The van der Waals surface area contributed by atoms with E-state index in [2.05, 4.69) is 19.8 Å².